The van der Waals surface area contributed by atoms with Crippen LogP contribution in [0.1, 0.15) is 38.2 Å². The SMILES string of the molecule is CC(C)CNc1ccc(C(=O)NC(C)C)nn1. The van der Waals surface area contributed by atoms with Crippen molar-refractivity contribution < 1.29 is 4.79 Å². The number of carbonyl (C=O) groups excluding carboxylic acids is 1. The minimum Gasteiger partial charge on any atom is -0.368 e. The van der Waals surface area contributed by atoms with Gasteiger partial charge in [0.25, 0.3) is 5.91 Å². The van der Waals surface area contributed by atoms with Crippen LogP contribution < -0.4 is 10.6 Å². The van der Waals surface area contributed by atoms with Crippen LogP contribution in [0.3, 0.4) is 0 Å². The highest BCUT2D eigenvalue weighted by Gasteiger charge is 2.08. The van der Waals surface area contributed by atoms with Gasteiger partial charge in [0.15, 0.2) is 5.69 Å². The van der Waals surface area contributed by atoms with Gasteiger partial charge in [-0.15, -0.1) is 10.2 Å². The summed E-state index contributed by atoms with van der Waals surface area (Å²) in [5.74, 6) is 1.04. The summed E-state index contributed by atoms with van der Waals surface area (Å²) in [7, 11) is 0. The zero-order valence-corrected chi connectivity index (χ0v) is 10.8. The molecule has 0 bridgehead atoms. The lowest BCUT2D eigenvalue weighted by Crippen LogP contribution is -2.30. The first-order valence-corrected chi connectivity index (χ1v) is 5.87. The van der Waals surface area contributed by atoms with Crippen molar-refractivity contribution in [2.75, 3.05) is 11.9 Å². The third-order valence-corrected chi connectivity index (χ3v) is 2.01. The number of nitrogens with zero attached hydrogens (tertiary/aromatic N) is 2. The van der Waals surface area contributed by atoms with Gasteiger partial charge < -0.3 is 10.6 Å². The molecule has 1 aromatic heterocycles. The highest BCUT2D eigenvalue weighted by Crippen LogP contribution is 2.03. The Morgan fingerprint density at radius 2 is 1.94 bits per heavy atom. The highest BCUT2D eigenvalue weighted by molar-refractivity contribution is 5.92. The van der Waals surface area contributed by atoms with Gasteiger partial charge in [-0.3, -0.25) is 4.79 Å². The molecule has 1 heterocycles. The van der Waals surface area contributed by atoms with Crippen LogP contribution >= 0.6 is 0 Å². The molecule has 0 atom stereocenters. The number of rotatable bonds is 5. The summed E-state index contributed by atoms with van der Waals surface area (Å²) in [5, 5.41) is 13.8. The van der Waals surface area contributed by atoms with Crippen molar-refractivity contribution in [3.8, 4) is 0 Å². The lowest BCUT2D eigenvalue weighted by Gasteiger charge is -2.09. The van der Waals surface area contributed by atoms with Gasteiger partial charge in [-0.2, -0.15) is 0 Å². The number of nitrogens with one attached hydrogen (secondary N) is 2. The minimum absolute atomic E-state index is 0.100. The average molecular weight is 236 g/mol. The van der Waals surface area contributed by atoms with Crippen molar-refractivity contribution in [3.05, 3.63) is 17.8 Å². The second-order valence-corrected chi connectivity index (χ2v) is 4.71. The van der Waals surface area contributed by atoms with Crippen LogP contribution in [0.2, 0.25) is 0 Å². The lowest BCUT2D eigenvalue weighted by atomic mass is 10.2. The van der Waals surface area contributed by atoms with Crippen LogP contribution in [0.5, 0.6) is 0 Å². The van der Waals surface area contributed by atoms with E-state index in [4.69, 9.17) is 0 Å². The molecule has 0 saturated carbocycles. The molecule has 94 valence electrons. The summed E-state index contributed by atoms with van der Waals surface area (Å²) in [6.45, 7) is 8.88. The van der Waals surface area contributed by atoms with Crippen molar-refractivity contribution >= 4 is 11.7 Å². The summed E-state index contributed by atoms with van der Waals surface area (Å²) in [4.78, 5) is 11.6. The van der Waals surface area contributed by atoms with Gasteiger partial charge >= 0.3 is 0 Å². The molecular weight excluding hydrogens is 216 g/mol. The van der Waals surface area contributed by atoms with Crippen LogP contribution in [0, 0.1) is 5.92 Å². The van der Waals surface area contributed by atoms with E-state index in [1.807, 2.05) is 13.8 Å². The van der Waals surface area contributed by atoms with E-state index in [1.165, 1.54) is 0 Å². The average Bonchev–Trinajstić information content (AvgIpc) is 2.26. The third-order valence-electron chi connectivity index (χ3n) is 2.01. The zero-order chi connectivity index (χ0) is 12.8. The molecule has 0 aliphatic rings. The smallest absolute Gasteiger partial charge is 0.271 e. The Morgan fingerprint density at radius 1 is 1.24 bits per heavy atom. The molecule has 5 heteroatoms. The van der Waals surface area contributed by atoms with Crippen LogP contribution in [0.4, 0.5) is 5.82 Å². The van der Waals surface area contributed by atoms with E-state index >= 15 is 0 Å². The second-order valence-electron chi connectivity index (χ2n) is 4.71. The molecule has 17 heavy (non-hydrogen) atoms. The molecule has 1 aromatic rings. The minimum atomic E-state index is -0.192. The third kappa shape index (κ3) is 4.80. The van der Waals surface area contributed by atoms with Crippen molar-refractivity contribution in [2.24, 2.45) is 5.92 Å². The summed E-state index contributed by atoms with van der Waals surface area (Å²) >= 11 is 0. The number of aromatic nitrogens is 2. The van der Waals surface area contributed by atoms with Crippen molar-refractivity contribution in [1.82, 2.24) is 15.5 Å². The standard InChI is InChI=1S/C12H20N4O/c1-8(2)7-13-11-6-5-10(15-16-11)12(17)14-9(3)4/h5-6,8-9H,7H2,1-4H3,(H,13,16)(H,14,17). The molecular formula is C12H20N4O. The van der Waals surface area contributed by atoms with Gasteiger partial charge in [-0.1, -0.05) is 13.8 Å². The Morgan fingerprint density at radius 3 is 2.41 bits per heavy atom. The molecule has 0 spiro atoms. The molecule has 2 N–H and O–H groups in total. The van der Waals surface area contributed by atoms with Crippen LogP contribution in [0.25, 0.3) is 0 Å². The maximum absolute atomic E-state index is 11.6. The largest absolute Gasteiger partial charge is 0.368 e. The van der Waals surface area contributed by atoms with Gasteiger partial charge in [-0.05, 0) is 31.9 Å². The van der Waals surface area contributed by atoms with E-state index in [1.54, 1.807) is 12.1 Å². The van der Waals surface area contributed by atoms with Gasteiger partial charge in [-0.25, -0.2) is 0 Å². The number of hydrogen-bond donors (Lipinski definition) is 2. The molecule has 5 nitrogen and oxygen atoms in total. The molecule has 1 rings (SSSR count). The fraction of sp³-hybridized carbons (Fsp3) is 0.583. The first-order valence-electron chi connectivity index (χ1n) is 5.87. The van der Waals surface area contributed by atoms with Crippen molar-refractivity contribution in [3.63, 3.8) is 0 Å². The maximum atomic E-state index is 11.6. The fourth-order valence-electron chi connectivity index (χ4n) is 1.19. The highest BCUT2D eigenvalue weighted by atomic mass is 16.1. The van der Waals surface area contributed by atoms with Gasteiger partial charge in [0.2, 0.25) is 0 Å². The quantitative estimate of drug-likeness (QED) is 0.816. The van der Waals surface area contributed by atoms with Crippen LogP contribution in [-0.4, -0.2) is 28.7 Å². The molecule has 0 radical (unpaired) electrons. The van der Waals surface area contributed by atoms with E-state index < -0.39 is 0 Å². The molecule has 0 aromatic carbocycles. The monoisotopic (exact) mass is 236 g/mol. The fourth-order valence-corrected chi connectivity index (χ4v) is 1.19. The first kappa shape index (κ1) is 13.4. The number of amides is 1. The zero-order valence-electron chi connectivity index (χ0n) is 10.8. The van der Waals surface area contributed by atoms with E-state index in [0.29, 0.717) is 17.4 Å². The van der Waals surface area contributed by atoms with E-state index in [0.717, 1.165) is 6.54 Å². The van der Waals surface area contributed by atoms with Gasteiger partial charge in [0.05, 0.1) is 0 Å². The predicted molar refractivity (Wildman–Crippen MR) is 68.0 cm³/mol. The lowest BCUT2D eigenvalue weighted by molar-refractivity contribution is 0.0937. The Labute approximate surface area is 102 Å². The Kier molecular flexibility index (Phi) is 4.87. The molecule has 0 aliphatic heterocycles. The molecule has 0 unspecified atom stereocenters. The molecule has 0 aliphatic carbocycles. The molecule has 0 saturated heterocycles. The summed E-state index contributed by atoms with van der Waals surface area (Å²) in [6, 6.07) is 3.54. The van der Waals surface area contributed by atoms with Crippen molar-refractivity contribution in [1.29, 1.82) is 0 Å². The van der Waals surface area contributed by atoms with E-state index in [9.17, 15) is 4.79 Å². The normalized spacial score (nSPS) is 10.7. The van der Waals surface area contributed by atoms with Crippen LogP contribution in [0.15, 0.2) is 12.1 Å². The Bertz CT molecular complexity index is 359. The Balaban J connectivity index is 2.58. The second kappa shape index (κ2) is 6.18. The molecule has 1 amide bonds. The maximum Gasteiger partial charge on any atom is 0.271 e. The van der Waals surface area contributed by atoms with E-state index in [-0.39, 0.29) is 11.9 Å². The summed E-state index contributed by atoms with van der Waals surface area (Å²) in [6.07, 6.45) is 0. The first-order chi connectivity index (χ1) is 7.99. The topological polar surface area (TPSA) is 66.9 Å². The number of carbonyl (C=O) groups is 1. The Hall–Kier alpha value is -1.65. The summed E-state index contributed by atoms with van der Waals surface area (Å²) < 4.78 is 0. The summed E-state index contributed by atoms with van der Waals surface area (Å²) in [5.41, 5.74) is 0.341. The number of hydrogen-bond acceptors (Lipinski definition) is 4. The van der Waals surface area contributed by atoms with Gasteiger partial charge in [0, 0.05) is 12.6 Å². The number of anilines is 1. The van der Waals surface area contributed by atoms with Crippen molar-refractivity contribution in [2.45, 2.75) is 33.7 Å². The van der Waals surface area contributed by atoms with Gasteiger partial charge in [0.1, 0.15) is 5.82 Å². The molecule has 0 fully saturated rings. The predicted octanol–water partition coefficient (Wildman–Crippen LogP) is 1.68. The van der Waals surface area contributed by atoms with Crippen LogP contribution in [-0.2, 0) is 0 Å². The van der Waals surface area contributed by atoms with E-state index in [2.05, 4.69) is 34.7 Å².